The van der Waals surface area contributed by atoms with E-state index in [0.29, 0.717) is 0 Å². The first-order valence-electron chi connectivity index (χ1n) is 4.83. The second-order valence-electron chi connectivity index (χ2n) is 2.95. The van der Waals surface area contributed by atoms with Crippen LogP contribution in [0.25, 0.3) is 0 Å². The van der Waals surface area contributed by atoms with Gasteiger partial charge in [-0.15, -0.1) is 23.5 Å². The standard InChI is InChI=1S/C10H12S8/c1-11-5-6(12-2)16-9(15-5)10-17-7(13-3)8(14-4)18-10/h1-4H3/q+1. The Hall–Kier alpha value is 1.89. The highest BCUT2D eigenvalue weighted by atomic mass is 32.3. The first-order chi connectivity index (χ1) is 8.73. The van der Waals surface area contributed by atoms with Crippen LogP contribution in [0.5, 0.6) is 0 Å². The van der Waals surface area contributed by atoms with E-state index in [2.05, 4.69) is 25.0 Å². The summed E-state index contributed by atoms with van der Waals surface area (Å²) in [5.41, 5.74) is 0. The molecule has 0 saturated carbocycles. The minimum atomic E-state index is 1.46. The van der Waals surface area contributed by atoms with Crippen molar-refractivity contribution >= 4 is 93.2 Å². The van der Waals surface area contributed by atoms with Gasteiger partial charge in [0.05, 0.1) is 8.47 Å². The molecule has 0 saturated heterocycles. The van der Waals surface area contributed by atoms with E-state index in [-0.39, 0.29) is 0 Å². The second-order valence-corrected chi connectivity index (χ2v) is 11.8. The van der Waals surface area contributed by atoms with E-state index in [4.69, 9.17) is 0 Å². The smallest absolute Gasteiger partial charge is 0.121 e. The summed E-state index contributed by atoms with van der Waals surface area (Å²) in [5, 5.41) is 0. The molecule has 1 aromatic rings. The lowest BCUT2D eigenvalue weighted by molar-refractivity contribution is 1.54. The van der Waals surface area contributed by atoms with Crippen LogP contribution in [0.15, 0.2) is 16.9 Å². The Bertz CT molecular complexity index is 411. The zero-order valence-corrected chi connectivity index (χ0v) is 16.8. The lowest BCUT2D eigenvalue weighted by Crippen LogP contribution is -1.76. The molecule has 99 valence electrons. The molecule has 0 aromatic carbocycles. The summed E-state index contributed by atoms with van der Waals surface area (Å²) >= 11 is 15.2. The fourth-order valence-corrected chi connectivity index (χ4v) is 11.5. The van der Waals surface area contributed by atoms with E-state index in [9.17, 15) is 0 Å². The summed E-state index contributed by atoms with van der Waals surface area (Å²) in [5.74, 6) is 0. The van der Waals surface area contributed by atoms with E-state index >= 15 is 0 Å². The molecule has 0 spiro atoms. The van der Waals surface area contributed by atoms with Gasteiger partial charge in [0.15, 0.2) is 4.58 Å². The molecule has 18 heavy (non-hydrogen) atoms. The van der Waals surface area contributed by atoms with Crippen molar-refractivity contribution in [3.05, 3.63) is 17.2 Å². The Morgan fingerprint density at radius 1 is 0.833 bits per heavy atom. The molecule has 0 atom stereocenters. The van der Waals surface area contributed by atoms with Crippen molar-refractivity contribution in [3.63, 3.8) is 0 Å². The third-order valence-electron chi connectivity index (χ3n) is 1.98. The molecule has 2 rings (SSSR count). The van der Waals surface area contributed by atoms with Gasteiger partial charge in [-0.1, -0.05) is 47.0 Å². The Morgan fingerprint density at radius 3 is 1.83 bits per heavy atom. The monoisotopic (exact) mass is 388 g/mol. The van der Waals surface area contributed by atoms with Crippen molar-refractivity contribution < 1.29 is 0 Å². The van der Waals surface area contributed by atoms with Crippen molar-refractivity contribution in [1.29, 1.82) is 0 Å². The van der Waals surface area contributed by atoms with Gasteiger partial charge < -0.3 is 0 Å². The maximum atomic E-state index is 2.17. The van der Waals surface area contributed by atoms with Gasteiger partial charge in [0, 0.05) is 0 Å². The molecule has 0 unspecified atom stereocenters. The summed E-state index contributed by atoms with van der Waals surface area (Å²) < 4.78 is 8.77. The van der Waals surface area contributed by atoms with Gasteiger partial charge in [-0.05, 0) is 25.0 Å². The Kier molecular flexibility index (Phi) is 7.02. The van der Waals surface area contributed by atoms with E-state index in [1.54, 1.807) is 0 Å². The van der Waals surface area contributed by atoms with Crippen molar-refractivity contribution in [2.45, 2.75) is 8.42 Å². The number of rotatable bonds is 5. The summed E-state index contributed by atoms with van der Waals surface area (Å²) in [4.78, 5) is 0. The molecule has 0 nitrogen and oxygen atoms in total. The Morgan fingerprint density at radius 2 is 1.44 bits per heavy atom. The van der Waals surface area contributed by atoms with Gasteiger partial charge in [0.2, 0.25) is 8.42 Å². The van der Waals surface area contributed by atoms with Gasteiger partial charge >= 0.3 is 0 Å². The van der Waals surface area contributed by atoms with Crippen LogP contribution in [-0.4, -0.2) is 25.0 Å². The zero-order chi connectivity index (χ0) is 13.1. The second kappa shape index (κ2) is 7.77. The predicted octanol–water partition coefficient (Wildman–Crippen LogP) is 6.70. The van der Waals surface area contributed by atoms with Gasteiger partial charge in [-0.3, -0.25) is 0 Å². The van der Waals surface area contributed by atoms with Crippen molar-refractivity contribution in [1.82, 2.24) is 0 Å². The maximum Gasteiger partial charge on any atom is 0.286 e. The molecule has 1 aliphatic rings. The summed E-state index contributed by atoms with van der Waals surface area (Å²) in [6.45, 7) is 0. The van der Waals surface area contributed by atoms with Crippen LogP contribution in [0.4, 0.5) is 0 Å². The largest absolute Gasteiger partial charge is 0.286 e. The summed E-state index contributed by atoms with van der Waals surface area (Å²) in [7, 11) is 0. The number of hydrogen-bond donors (Lipinski definition) is 0. The molecular weight excluding hydrogens is 377 g/mol. The van der Waals surface area contributed by atoms with Crippen LogP contribution in [0.3, 0.4) is 0 Å². The van der Waals surface area contributed by atoms with Crippen molar-refractivity contribution in [2.75, 3.05) is 25.0 Å². The highest BCUT2D eigenvalue weighted by Crippen LogP contribution is 2.62. The van der Waals surface area contributed by atoms with Crippen LogP contribution < -0.4 is 0 Å². The molecule has 2 heterocycles. The van der Waals surface area contributed by atoms with Crippen LogP contribution in [0.1, 0.15) is 4.19 Å². The minimum absolute atomic E-state index is 1.46. The van der Waals surface area contributed by atoms with Crippen molar-refractivity contribution in [3.8, 4) is 0 Å². The topological polar surface area (TPSA) is 0 Å². The molecular formula is C10H12S8+. The Labute approximate surface area is 142 Å². The lowest BCUT2D eigenvalue weighted by Gasteiger charge is -1.95. The average Bonchev–Trinajstić information content (AvgIpc) is 3.01. The van der Waals surface area contributed by atoms with E-state index in [1.165, 1.54) is 25.7 Å². The minimum Gasteiger partial charge on any atom is -0.121 e. The number of hydrogen-bond acceptors (Lipinski definition) is 7. The van der Waals surface area contributed by atoms with Crippen LogP contribution in [-0.2, 0) is 0 Å². The summed E-state index contributed by atoms with van der Waals surface area (Å²) in [6, 6.07) is 0. The fraction of sp³-hybridized carbons (Fsp3) is 0.400. The van der Waals surface area contributed by atoms with E-state index in [0.717, 1.165) is 0 Å². The Balaban J connectivity index is 2.18. The molecule has 0 amide bonds. The lowest BCUT2D eigenvalue weighted by atomic mass is 10.9. The van der Waals surface area contributed by atoms with E-state index in [1.807, 2.05) is 93.2 Å². The maximum absolute atomic E-state index is 2.17. The molecule has 8 heteroatoms. The van der Waals surface area contributed by atoms with Gasteiger partial charge in [0.1, 0.15) is 22.7 Å². The predicted molar refractivity (Wildman–Crippen MR) is 102 cm³/mol. The highest BCUT2D eigenvalue weighted by molar-refractivity contribution is 8.40. The SMILES string of the molecule is CSC1=C(SC)S[C](c2sc(SC)c(SC)[s+]2)S1. The average molecular weight is 389 g/mol. The fourth-order valence-electron chi connectivity index (χ4n) is 1.21. The molecule has 1 radical (unpaired) electrons. The first-order valence-corrected chi connectivity index (χ1v) is 13.0. The zero-order valence-electron chi connectivity index (χ0n) is 10.3. The van der Waals surface area contributed by atoms with Crippen LogP contribution in [0, 0.1) is 4.58 Å². The third kappa shape index (κ3) is 3.55. The molecule has 0 fully saturated rings. The molecule has 0 bridgehead atoms. The summed E-state index contributed by atoms with van der Waals surface area (Å²) in [6.07, 6.45) is 8.67. The highest BCUT2D eigenvalue weighted by Gasteiger charge is 2.37. The van der Waals surface area contributed by atoms with Crippen molar-refractivity contribution in [2.24, 2.45) is 0 Å². The molecule has 0 N–H and O–H groups in total. The van der Waals surface area contributed by atoms with E-state index < -0.39 is 0 Å². The normalized spacial score (nSPS) is 16.9. The molecule has 0 aliphatic carbocycles. The first kappa shape index (κ1) is 16.3. The van der Waals surface area contributed by atoms with Gasteiger partial charge in [-0.25, -0.2) is 0 Å². The molecule has 1 aromatic heterocycles. The van der Waals surface area contributed by atoms with Gasteiger partial charge in [-0.2, -0.15) is 0 Å². The molecule has 1 aliphatic heterocycles. The quantitative estimate of drug-likeness (QED) is 0.403. The van der Waals surface area contributed by atoms with Crippen LogP contribution in [0.2, 0.25) is 0 Å². The van der Waals surface area contributed by atoms with Crippen LogP contribution >= 0.6 is 93.2 Å². The van der Waals surface area contributed by atoms with Gasteiger partial charge in [0.25, 0.3) is 4.19 Å². The number of thioether (sulfide) groups is 6. The third-order valence-corrected chi connectivity index (χ3v) is 12.9.